The minimum absolute atomic E-state index is 0.179. The van der Waals surface area contributed by atoms with Crippen LogP contribution in [0.4, 0.5) is 0 Å². The van der Waals surface area contributed by atoms with Crippen molar-refractivity contribution < 1.29 is 8.42 Å². The zero-order valence-corrected chi connectivity index (χ0v) is 12.0. The van der Waals surface area contributed by atoms with Gasteiger partial charge in [0.15, 0.2) is 0 Å². The summed E-state index contributed by atoms with van der Waals surface area (Å²) in [6.45, 7) is 1.96. The van der Waals surface area contributed by atoms with Crippen LogP contribution in [0.5, 0.6) is 0 Å². The molecular weight excluding hydrogens is 274 g/mol. The molecule has 5 nitrogen and oxygen atoms in total. The monoisotopic (exact) mass is 291 g/mol. The number of aromatic nitrogens is 1. The molecule has 6 heteroatoms. The van der Waals surface area contributed by atoms with Crippen molar-refractivity contribution in [1.82, 2.24) is 9.71 Å². The van der Waals surface area contributed by atoms with E-state index in [1.54, 1.807) is 49.6 Å². The van der Waals surface area contributed by atoms with Crippen LogP contribution in [0.1, 0.15) is 24.1 Å². The van der Waals surface area contributed by atoms with E-state index in [-0.39, 0.29) is 17.5 Å². The van der Waals surface area contributed by atoms with E-state index in [0.29, 0.717) is 5.56 Å². The zero-order chi connectivity index (χ0) is 14.6. The normalized spacial score (nSPS) is 13.1. The molecule has 0 fully saturated rings. The van der Waals surface area contributed by atoms with Crippen molar-refractivity contribution in [1.29, 1.82) is 0 Å². The third-order valence-corrected chi connectivity index (χ3v) is 4.64. The molecule has 20 heavy (non-hydrogen) atoms. The fraction of sp³-hybridized carbons (Fsp3) is 0.214. The van der Waals surface area contributed by atoms with Crippen LogP contribution in [0.3, 0.4) is 0 Å². The number of nitrogens with one attached hydrogen (secondary N) is 1. The quantitative estimate of drug-likeness (QED) is 0.876. The Morgan fingerprint density at radius 1 is 1.25 bits per heavy atom. The van der Waals surface area contributed by atoms with E-state index >= 15 is 0 Å². The average Bonchev–Trinajstić information content (AvgIpc) is 2.47. The molecule has 0 saturated heterocycles. The molecule has 0 spiro atoms. The van der Waals surface area contributed by atoms with Gasteiger partial charge in [0.1, 0.15) is 0 Å². The number of benzene rings is 1. The Hall–Kier alpha value is -1.76. The van der Waals surface area contributed by atoms with Gasteiger partial charge in [0, 0.05) is 25.0 Å². The predicted molar refractivity (Wildman–Crippen MR) is 77.3 cm³/mol. The maximum absolute atomic E-state index is 12.4. The van der Waals surface area contributed by atoms with Crippen molar-refractivity contribution in [2.45, 2.75) is 24.4 Å². The molecular formula is C14H17N3O2S. The number of hydrogen-bond donors (Lipinski definition) is 2. The van der Waals surface area contributed by atoms with E-state index in [0.717, 1.165) is 5.56 Å². The lowest BCUT2D eigenvalue weighted by atomic mass is 10.2. The molecule has 1 heterocycles. The summed E-state index contributed by atoms with van der Waals surface area (Å²) < 4.78 is 27.5. The molecule has 3 N–H and O–H groups in total. The Kier molecular flexibility index (Phi) is 4.49. The molecule has 1 unspecified atom stereocenters. The Morgan fingerprint density at radius 2 is 2.00 bits per heavy atom. The third-order valence-electron chi connectivity index (χ3n) is 3.00. The number of rotatable bonds is 5. The van der Waals surface area contributed by atoms with E-state index in [4.69, 9.17) is 5.73 Å². The first-order valence-corrected chi connectivity index (χ1v) is 7.73. The van der Waals surface area contributed by atoms with E-state index in [9.17, 15) is 8.42 Å². The van der Waals surface area contributed by atoms with Crippen molar-refractivity contribution in [3.63, 3.8) is 0 Å². The van der Waals surface area contributed by atoms with Gasteiger partial charge in [0.05, 0.1) is 4.90 Å². The molecule has 2 rings (SSSR count). The van der Waals surface area contributed by atoms with Crippen molar-refractivity contribution >= 4 is 10.0 Å². The lowest BCUT2D eigenvalue weighted by molar-refractivity contribution is 0.565. The van der Waals surface area contributed by atoms with Crippen molar-refractivity contribution in [3.8, 4) is 0 Å². The fourth-order valence-corrected chi connectivity index (χ4v) is 3.41. The van der Waals surface area contributed by atoms with Gasteiger partial charge in [0.2, 0.25) is 10.0 Å². The lowest BCUT2D eigenvalue weighted by Crippen LogP contribution is -2.28. The van der Waals surface area contributed by atoms with Gasteiger partial charge in [-0.2, -0.15) is 0 Å². The molecule has 0 aliphatic heterocycles. The van der Waals surface area contributed by atoms with Gasteiger partial charge >= 0.3 is 0 Å². The second-order valence-corrected chi connectivity index (χ2v) is 6.12. The standard InChI is InChI=1S/C14H17N3O2S/c1-11(13-6-4-8-16-10-13)17-20(18,19)14-7-3-2-5-12(14)9-15/h2-8,10-11,17H,9,15H2,1H3. The summed E-state index contributed by atoms with van der Waals surface area (Å²) in [5.41, 5.74) is 6.99. The molecule has 1 aromatic carbocycles. The van der Waals surface area contributed by atoms with Crippen LogP contribution in [-0.2, 0) is 16.6 Å². The summed E-state index contributed by atoms with van der Waals surface area (Å²) in [5, 5.41) is 0. The van der Waals surface area contributed by atoms with Gasteiger partial charge in [-0.05, 0) is 30.2 Å². The minimum Gasteiger partial charge on any atom is -0.326 e. The van der Waals surface area contributed by atoms with Crippen LogP contribution in [0, 0.1) is 0 Å². The predicted octanol–water partition coefficient (Wildman–Crippen LogP) is 1.58. The van der Waals surface area contributed by atoms with Gasteiger partial charge < -0.3 is 5.73 Å². The summed E-state index contributed by atoms with van der Waals surface area (Å²) in [5.74, 6) is 0. The molecule has 0 radical (unpaired) electrons. The first-order chi connectivity index (χ1) is 9.54. The smallest absolute Gasteiger partial charge is 0.241 e. The van der Waals surface area contributed by atoms with E-state index in [1.807, 2.05) is 6.07 Å². The highest BCUT2D eigenvalue weighted by Gasteiger charge is 2.20. The third kappa shape index (κ3) is 3.22. The maximum Gasteiger partial charge on any atom is 0.241 e. The van der Waals surface area contributed by atoms with Crippen LogP contribution >= 0.6 is 0 Å². The number of nitrogens with zero attached hydrogens (tertiary/aromatic N) is 1. The number of nitrogens with two attached hydrogens (primary N) is 1. The van der Waals surface area contributed by atoms with E-state index in [1.165, 1.54) is 0 Å². The highest BCUT2D eigenvalue weighted by atomic mass is 32.2. The molecule has 0 aliphatic carbocycles. The number of hydrogen-bond acceptors (Lipinski definition) is 4. The van der Waals surface area contributed by atoms with Crippen LogP contribution < -0.4 is 10.5 Å². The Bertz CT molecular complexity index is 672. The topological polar surface area (TPSA) is 85.1 Å². The molecule has 0 saturated carbocycles. The average molecular weight is 291 g/mol. The Labute approximate surface area is 118 Å². The van der Waals surface area contributed by atoms with Gasteiger partial charge in [-0.25, -0.2) is 13.1 Å². The Morgan fingerprint density at radius 3 is 2.65 bits per heavy atom. The summed E-state index contributed by atoms with van der Waals surface area (Å²) in [4.78, 5) is 4.21. The van der Waals surface area contributed by atoms with Gasteiger partial charge in [0.25, 0.3) is 0 Å². The maximum atomic E-state index is 12.4. The zero-order valence-electron chi connectivity index (χ0n) is 11.2. The molecule has 1 atom stereocenters. The highest BCUT2D eigenvalue weighted by Crippen LogP contribution is 2.19. The van der Waals surface area contributed by atoms with E-state index < -0.39 is 10.0 Å². The van der Waals surface area contributed by atoms with Crippen molar-refractivity contribution in [2.75, 3.05) is 0 Å². The highest BCUT2D eigenvalue weighted by molar-refractivity contribution is 7.89. The first-order valence-electron chi connectivity index (χ1n) is 6.25. The lowest BCUT2D eigenvalue weighted by Gasteiger charge is -2.16. The van der Waals surface area contributed by atoms with E-state index in [2.05, 4.69) is 9.71 Å². The molecule has 0 aliphatic rings. The summed E-state index contributed by atoms with van der Waals surface area (Å²) in [6.07, 6.45) is 3.29. The molecule has 106 valence electrons. The fourth-order valence-electron chi connectivity index (χ4n) is 1.93. The second kappa shape index (κ2) is 6.13. The second-order valence-electron chi connectivity index (χ2n) is 4.44. The van der Waals surface area contributed by atoms with Crippen LogP contribution in [-0.4, -0.2) is 13.4 Å². The van der Waals surface area contributed by atoms with Gasteiger partial charge in [-0.3, -0.25) is 4.98 Å². The van der Waals surface area contributed by atoms with Crippen LogP contribution in [0.2, 0.25) is 0 Å². The summed E-state index contributed by atoms with van der Waals surface area (Å²) in [6, 6.07) is 9.96. The number of pyridine rings is 1. The van der Waals surface area contributed by atoms with Gasteiger partial charge in [-0.15, -0.1) is 0 Å². The van der Waals surface area contributed by atoms with Crippen LogP contribution in [0.25, 0.3) is 0 Å². The molecule has 2 aromatic rings. The SMILES string of the molecule is CC(NS(=O)(=O)c1ccccc1CN)c1cccnc1. The molecule has 0 bridgehead atoms. The van der Waals surface area contributed by atoms with Crippen molar-refractivity contribution in [2.24, 2.45) is 5.73 Å². The summed E-state index contributed by atoms with van der Waals surface area (Å²) >= 11 is 0. The largest absolute Gasteiger partial charge is 0.326 e. The summed E-state index contributed by atoms with van der Waals surface area (Å²) in [7, 11) is -3.61. The van der Waals surface area contributed by atoms with Crippen LogP contribution in [0.15, 0.2) is 53.7 Å². The first kappa shape index (κ1) is 14.6. The van der Waals surface area contributed by atoms with Gasteiger partial charge in [-0.1, -0.05) is 24.3 Å². The molecule has 1 aromatic heterocycles. The Balaban J connectivity index is 2.28. The number of sulfonamides is 1. The van der Waals surface area contributed by atoms with Crippen molar-refractivity contribution in [3.05, 3.63) is 59.9 Å². The minimum atomic E-state index is -3.61. The molecule has 0 amide bonds.